The number of nitriles is 1. The molecule has 1 amide bonds. The molecule has 0 aliphatic carbocycles. The molecule has 2 aromatic heterocycles. The summed E-state index contributed by atoms with van der Waals surface area (Å²) in [5.74, 6) is -1.76. The first kappa shape index (κ1) is 34.0. The highest BCUT2D eigenvalue weighted by Crippen LogP contribution is 2.51. The SMILES string of the molecule is CC(F)C(=O)N1CCC2CCOc3c(Cl)c(-c4ccc(F)c5sc(N)c(C#N)c45)c(F)c4nc(OC[C@@]56CCCN5C[C@H](F)C6)nc(c34)N2CC1. The molecule has 8 rings (SSSR count). The van der Waals surface area contributed by atoms with Gasteiger partial charge in [0, 0.05) is 56.0 Å². The molecule has 4 aromatic rings. The monoisotopic (exact) mass is 743 g/mol. The van der Waals surface area contributed by atoms with E-state index in [9.17, 15) is 18.8 Å². The molecule has 3 saturated heterocycles. The van der Waals surface area contributed by atoms with Gasteiger partial charge in [0.15, 0.2) is 17.7 Å². The van der Waals surface area contributed by atoms with Crippen molar-refractivity contribution in [1.82, 2.24) is 19.8 Å². The van der Waals surface area contributed by atoms with Crippen LogP contribution in [0, 0.1) is 23.0 Å². The minimum Gasteiger partial charge on any atom is -0.491 e. The molecule has 51 heavy (non-hydrogen) atoms. The summed E-state index contributed by atoms with van der Waals surface area (Å²) in [7, 11) is 0. The maximum Gasteiger partial charge on any atom is 0.319 e. The van der Waals surface area contributed by atoms with Crippen LogP contribution in [-0.2, 0) is 4.79 Å². The van der Waals surface area contributed by atoms with Crippen LogP contribution in [0.5, 0.6) is 11.8 Å². The third kappa shape index (κ3) is 5.48. The Morgan fingerprint density at radius 1 is 1.24 bits per heavy atom. The fraction of sp³-hybridized carbons (Fsp3) is 0.486. The number of amides is 1. The maximum atomic E-state index is 17.3. The first-order chi connectivity index (χ1) is 24.5. The van der Waals surface area contributed by atoms with Crippen molar-refractivity contribution in [1.29, 1.82) is 5.26 Å². The van der Waals surface area contributed by atoms with Crippen molar-refractivity contribution in [3.63, 3.8) is 0 Å². The van der Waals surface area contributed by atoms with Gasteiger partial charge in [-0.25, -0.2) is 17.6 Å². The van der Waals surface area contributed by atoms with E-state index in [-0.39, 0.29) is 97.6 Å². The zero-order chi connectivity index (χ0) is 35.8. The Bertz CT molecular complexity index is 2130. The highest BCUT2D eigenvalue weighted by molar-refractivity contribution is 7.23. The number of anilines is 2. The average molecular weight is 744 g/mol. The molecule has 10 nitrogen and oxygen atoms in total. The van der Waals surface area contributed by atoms with E-state index >= 15 is 8.78 Å². The minimum atomic E-state index is -1.67. The van der Waals surface area contributed by atoms with Gasteiger partial charge in [-0.05, 0) is 44.4 Å². The second-order valence-electron chi connectivity index (χ2n) is 13.7. The zero-order valence-electron chi connectivity index (χ0n) is 27.7. The number of ether oxygens (including phenoxy) is 2. The number of hydrogen-bond acceptors (Lipinski definition) is 10. The third-order valence-electron chi connectivity index (χ3n) is 10.8. The fourth-order valence-corrected chi connectivity index (χ4v) is 9.65. The van der Waals surface area contributed by atoms with Crippen LogP contribution >= 0.6 is 22.9 Å². The van der Waals surface area contributed by atoms with Crippen molar-refractivity contribution in [3.8, 4) is 29.0 Å². The van der Waals surface area contributed by atoms with Gasteiger partial charge in [0.2, 0.25) is 0 Å². The van der Waals surface area contributed by atoms with E-state index < -0.39 is 35.4 Å². The first-order valence-corrected chi connectivity index (χ1v) is 18.2. The Morgan fingerprint density at radius 3 is 2.84 bits per heavy atom. The number of carbonyl (C=O) groups is 1. The van der Waals surface area contributed by atoms with E-state index in [4.69, 9.17) is 31.8 Å². The number of aromatic nitrogens is 2. The summed E-state index contributed by atoms with van der Waals surface area (Å²) in [5.41, 5.74) is 5.34. The average Bonchev–Trinajstić information content (AvgIpc) is 3.69. The zero-order valence-corrected chi connectivity index (χ0v) is 29.2. The van der Waals surface area contributed by atoms with Crippen LogP contribution in [0.15, 0.2) is 12.1 Å². The molecule has 0 saturated carbocycles. The second-order valence-corrected chi connectivity index (χ2v) is 15.1. The van der Waals surface area contributed by atoms with Crippen LogP contribution in [0.25, 0.3) is 32.1 Å². The van der Waals surface area contributed by atoms with Crippen LogP contribution in [-0.4, -0.2) is 95.5 Å². The Labute approximate surface area is 299 Å². The van der Waals surface area contributed by atoms with E-state index in [1.807, 2.05) is 11.0 Å². The van der Waals surface area contributed by atoms with E-state index in [1.165, 1.54) is 17.9 Å². The van der Waals surface area contributed by atoms with E-state index in [2.05, 4.69) is 9.88 Å². The molecular formula is C35H34ClF4N7O3S. The van der Waals surface area contributed by atoms with Crippen molar-refractivity contribution < 1.29 is 31.8 Å². The molecular weight excluding hydrogens is 710 g/mol. The standard InChI is InChI=1S/C35H34ClF4N7O3S/c1-17(37)33(48)45-9-5-19-6-12-49-29-25-28(27(40)24(26(29)36)20-3-4-22(39)30-23(20)21(14-41)31(42)51-30)43-34(44-32(25)47(19)11-10-45)50-16-35-7-2-8-46(35)15-18(38)13-35/h3-4,17-19H,2,5-13,15-16,42H2,1H3/t17?,18-,19?,35+/m1/s1. The highest BCUT2D eigenvalue weighted by Gasteiger charge is 2.49. The Morgan fingerprint density at radius 2 is 2.06 bits per heavy atom. The third-order valence-corrected chi connectivity index (χ3v) is 12.2. The summed E-state index contributed by atoms with van der Waals surface area (Å²) >= 11 is 7.94. The summed E-state index contributed by atoms with van der Waals surface area (Å²) in [6, 6.07) is 4.15. The van der Waals surface area contributed by atoms with Crippen LogP contribution in [0.2, 0.25) is 5.02 Å². The molecule has 6 heterocycles. The molecule has 4 aliphatic rings. The summed E-state index contributed by atoms with van der Waals surface area (Å²) in [5, 5.41) is 10.2. The Balaban J connectivity index is 1.33. The number of thiophene rings is 1. The van der Waals surface area contributed by atoms with Crippen molar-refractivity contribution in [2.24, 2.45) is 0 Å². The lowest BCUT2D eigenvalue weighted by Gasteiger charge is -2.34. The van der Waals surface area contributed by atoms with Crippen molar-refractivity contribution in [3.05, 3.63) is 34.4 Å². The molecule has 0 bridgehead atoms. The summed E-state index contributed by atoms with van der Waals surface area (Å²) < 4.78 is 73.8. The molecule has 0 radical (unpaired) electrons. The topological polar surface area (TPSA) is 121 Å². The normalized spacial score (nSPS) is 24.0. The lowest BCUT2D eigenvalue weighted by atomic mass is 9.95. The van der Waals surface area contributed by atoms with Gasteiger partial charge in [-0.1, -0.05) is 17.7 Å². The number of nitrogens with two attached hydrogens (primary N) is 1. The molecule has 4 aliphatic heterocycles. The second kappa shape index (κ2) is 12.8. The molecule has 4 atom stereocenters. The summed E-state index contributed by atoms with van der Waals surface area (Å²) in [4.78, 5) is 27.6. The van der Waals surface area contributed by atoms with Crippen molar-refractivity contribution in [2.45, 2.75) is 63.0 Å². The van der Waals surface area contributed by atoms with Crippen LogP contribution in [0.1, 0.15) is 44.6 Å². The molecule has 268 valence electrons. The minimum absolute atomic E-state index is 0.00624. The van der Waals surface area contributed by atoms with Crippen LogP contribution in [0.3, 0.4) is 0 Å². The van der Waals surface area contributed by atoms with E-state index in [0.717, 1.165) is 36.8 Å². The fourth-order valence-electron chi connectivity index (χ4n) is 8.37. The molecule has 3 fully saturated rings. The van der Waals surface area contributed by atoms with E-state index in [1.54, 1.807) is 0 Å². The molecule has 0 spiro atoms. The molecule has 16 heteroatoms. The Kier molecular flexibility index (Phi) is 8.54. The number of benzene rings is 2. The molecule has 2 N–H and O–H groups in total. The quantitative estimate of drug-likeness (QED) is 0.232. The first-order valence-electron chi connectivity index (χ1n) is 17.0. The van der Waals surface area contributed by atoms with Gasteiger partial charge in [-0.15, -0.1) is 11.3 Å². The lowest BCUT2D eigenvalue weighted by molar-refractivity contribution is -0.135. The van der Waals surface area contributed by atoms with Crippen LogP contribution < -0.4 is 20.1 Å². The number of nitrogens with zero attached hydrogens (tertiary/aromatic N) is 6. The number of nitrogen functional groups attached to an aromatic ring is 1. The highest BCUT2D eigenvalue weighted by atomic mass is 35.5. The predicted octanol–water partition coefficient (Wildman–Crippen LogP) is 6.40. The maximum absolute atomic E-state index is 17.3. The van der Waals surface area contributed by atoms with Gasteiger partial charge < -0.3 is 25.0 Å². The number of alkyl halides is 2. The predicted molar refractivity (Wildman–Crippen MR) is 186 cm³/mol. The van der Waals surface area contributed by atoms with Gasteiger partial charge in [-0.2, -0.15) is 15.2 Å². The van der Waals surface area contributed by atoms with E-state index in [0.29, 0.717) is 32.4 Å². The van der Waals surface area contributed by atoms with Gasteiger partial charge in [0.1, 0.15) is 41.0 Å². The molecule has 2 unspecified atom stereocenters. The summed E-state index contributed by atoms with van der Waals surface area (Å²) in [6.07, 6.45) is 0.199. The summed E-state index contributed by atoms with van der Waals surface area (Å²) in [6.45, 7) is 3.25. The number of rotatable bonds is 5. The number of fused-ring (bicyclic) bond motifs is 4. The Hall–Kier alpha value is -4.13. The van der Waals surface area contributed by atoms with Gasteiger partial charge in [0.05, 0.1) is 32.8 Å². The number of carbonyl (C=O) groups excluding carboxylic acids is 1. The smallest absolute Gasteiger partial charge is 0.319 e. The number of hydrogen-bond donors (Lipinski definition) is 1. The molecule has 2 aromatic carbocycles. The van der Waals surface area contributed by atoms with Crippen LogP contribution in [0.4, 0.5) is 28.4 Å². The van der Waals surface area contributed by atoms with Gasteiger partial charge in [0.25, 0.3) is 5.91 Å². The van der Waals surface area contributed by atoms with Gasteiger partial charge in [-0.3, -0.25) is 9.69 Å². The van der Waals surface area contributed by atoms with Crippen molar-refractivity contribution in [2.75, 3.05) is 56.6 Å². The number of halogens is 5. The van der Waals surface area contributed by atoms with Gasteiger partial charge >= 0.3 is 6.01 Å². The van der Waals surface area contributed by atoms with Crippen molar-refractivity contribution >= 4 is 60.7 Å². The lowest BCUT2D eigenvalue weighted by Crippen LogP contribution is -2.43. The largest absolute Gasteiger partial charge is 0.491 e.